The van der Waals surface area contributed by atoms with E-state index in [4.69, 9.17) is 4.52 Å². The first-order chi connectivity index (χ1) is 19.0. The normalized spacial score (nSPS) is 16.8. The van der Waals surface area contributed by atoms with E-state index in [1.807, 2.05) is 38.1 Å². The standard InChI is InChI=1S/C31H28F3N3O3/c1-18-5-3-4-6-22(18)27-24(28(40-36-27)31(32,33)34)14-20-16-30(17-20)9-11-37(12-10-30)21-7-8-25-23(15-21)19(2)13-26(35-25)29(38)39/h3-8,13-15H,9-12,16-17H2,1-2H3,(H,38,39). The number of aromatic carboxylic acids is 1. The number of nitrogens with zero attached hydrogens (tertiary/aromatic N) is 3. The predicted molar refractivity (Wildman–Crippen MR) is 146 cm³/mol. The summed E-state index contributed by atoms with van der Waals surface area (Å²) in [6, 6.07) is 14.7. The molecule has 40 heavy (non-hydrogen) atoms. The Kier molecular flexibility index (Phi) is 6.20. The number of carboxylic acids is 1. The van der Waals surface area contributed by atoms with Gasteiger partial charge in [0.05, 0.1) is 11.1 Å². The zero-order chi connectivity index (χ0) is 28.2. The lowest BCUT2D eigenvalue weighted by atomic mass is 9.60. The first-order valence-electron chi connectivity index (χ1n) is 13.2. The van der Waals surface area contributed by atoms with Crippen LogP contribution in [0.2, 0.25) is 0 Å². The number of hydrogen-bond acceptors (Lipinski definition) is 5. The second-order valence-corrected chi connectivity index (χ2v) is 11.1. The molecule has 1 aliphatic carbocycles. The molecule has 0 radical (unpaired) electrons. The Balaban J connectivity index is 1.19. The summed E-state index contributed by atoms with van der Waals surface area (Å²) in [7, 11) is 0. The zero-order valence-electron chi connectivity index (χ0n) is 22.2. The van der Waals surface area contributed by atoms with Gasteiger partial charge in [-0.25, -0.2) is 9.78 Å². The van der Waals surface area contributed by atoms with Gasteiger partial charge in [0.25, 0.3) is 0 Å². The lowest BCUT2D eigenvalue weighted by Crippen LogP contribution is -2.44. The molecule has 2 fully saturated rings. The van der Waals surface area contributed by atoms with Crippen molar-refractivity contribution in [1.29, 1.82) is 0 Å². The van der Waals surface area contributed by atoms with Gasteiger partial charge in [0.2, 0.25) is 5.76 Å². The molecule has 1 spiro atoms. The van der Waals surface area contributed by atoms with Crippen LogP contribution in [0.5, 0.6) is 0 Å². The van der Waals surface area contributed by atoms with E-state index in [1.54, 1.807) is 24.3 Å². The van der Waals surface area contributed by atoms with Crippen LogP contribution in [-0.4, -0.2) is 34.3 Å². The van der Waals surface area contributed by atoms with Gasteiger partial charge in [0.15, 0.2) is 0 Å². The van der Waals surface area contributed by atoms with E-state index in [2.05, 4.69) is 21.1 Å². The minimum absolute atomic E-state index is 0.00952. The summed E-state index contributed by atoms with van der Waals surface area (Å²) in [6.07, 6.45) is 0.416. The van der Waals surface area contributed by atoms with Gasteiger partial charge in [0, 0.05) is 29.7 Å². The average Bonchev–Trinajstić information content (AvgIpc) is 3.32. The first-order valence-corrected chi connectivity index (χ1v) is 13.2. The van der Waals surface area contributed by atoms with Crippen LogP contribution in [0, 0.1) is 19.3 Å². The molecule has 1 saturated carbocycles. The molecule has 1 saturated heterocycles. The summed E-state index contributed by atoms with van der Waals surface area (Å²) in [5, 5.41) is 14.0. The van der Waals surface area contributed by atoms with E-state index in [9.17, 15) is 23.1 Å². The van der Waals surface area contributed by atoms with Crippen molar-refractivity contribution in [3.05, 3.63) is 82.2 Å². The number of alkyl halides is 3. The molecule has 3 heterocycles. The van der Waals surface area contributed by atoms with Gasteiger partial charge in [-0.3, -0.25) is 0 Å². The molecule has 0 unspecified atom stereocenters. The number of anilines is 1. The number of piperidine rings is 1. The molecule has 1 N–H and O–H groups in total. The van der Waals surface area contributed by atoms with Crippen LogP contribution in [0.4, 0.5) is 18.9 Å². The van der Waals surface area contributed by atoms with Gasteiger partial charge in [-0.2, -0.15) is 13.2 Å². The molecule has 2 aliphatic rings. The third-order valence-electron chi connectivity index (χ3n) is 8.35. The highest BCUT2D eigenvalue weighted by Gasteiger charge is 2.44. The summed E-state index contributed by atoms with van der Waals surface area (Å²) < 4.78 is 46.2. The van der Waals surface area contributed by atoms with E-state index >= 15 is 0 Å². The van der Waals surface area contributed by atoms with Crippen LogP contribution >= 0.6 is 0 Å². The van der Waals surface area contributed by atoms with Crippen molar-refractivity contribution < 1.29 is 27.6 Å². The van der Waals surface area contributed by atoms with Gasteiger partial charge in [-0.1, -0.05) is 35.0 Å². The maximum absolute atomic E-state index is 13.8. The van der Waals surface area contributed by atoms with Gasteiger partial charge in [0.1, 0.15) is 11.4 Å². The highest BCUT2D eigenvalue weighted by atomic mass is 19.4. The Labute approximate surface area is 229 Å². The zero-order valence-corrected chi connectivity index (χ0v) is 22.2. The van der Waals surface area contributed by atoms with Gasteiger partial charge >= 0.3 is 12.1 Å². The number of aryl methyl sites for hydroxylation is 2. The lowest BCUT2D eigenvalue weighted by molar-refractivity contribution is -0.155. The number of aromatic nitrogens is 2. The maximum Gasteiger partial charge on any atom is 0.453 e. The van der Waals surface area contributed by atoms with Crippen LogP contribution in [0.3, 0.4) is 0 Å². The second-order valence-electron chi connectivity index (χ2n) is 11.1. The van der Waals surface area contributed by atoms with Crippen molar-refractivity contribution in [1.82, 2.24) is 10.1 Å². The molecule has 0 amide bonds. The third kappa shape index (κ3) is 4.63. The monoisotopic (exact) mass is 547 g/mol. The highest BCUT2D eigenvalue weighted by molar-refractivity contribution is 5.92. The van der Waals surface area contributed by atoms with Crippen molar-refractivity contribution in [3.8, 4) is 11.3 Å². The van der Waals surface area contributed by atoms with Gasteiger partial charge in [-0.15, -0.1) is 0 Å². The van der Waals surface area contributed by atoms with Crippen LogP contribution in [0.1, 0.15) is 58.6 Å². The Morgan fingerprint density at radius 1 is 1.05 bits per heavy atom. The van der Waals surface area contributed by atoms with Crippen molar-refractivity contribution in [2.75, 3.05) is 18.0 Å². The topological polar surface area (TPSA) is 79.5 Å². The molecule has 4 aromatic rings. The number of allylic oxidation sites excluding steroid dienone is 1. The molecule has 6 rings (SSSR count). The molecular weight excluding hydrogens is 519 g/mol. The summed E-state index contributed by atoms with van der Waals surface area (Å²) in [4.78, 5) is 17.9. The number of rotatable bonds is 4. The Morgan fingerprint density at radius 3 is 2.45 bits per heavy atom. The molecule has 0 bridgehead atoms. The molecule has 206 valence electrons. The summed E-state index contributed by atoms with van der Waals surface area (Å²) in [5.74, 6) is -2.10. The SMILES string of the molecule is Cc1ccccc1-c1noc(C(F)(F)F)c1C=C1CC2(CCN(c3ccc4nc(C(=O)O)cc(C)c4c3)CC2)C1. The summed E-state index contributed by atoms with van der Waals surface area (Å²) >= 11 is 0. The van der Waals surface area contributed by atoms with E-state index in [0.717, 1.165) is 66.5 Å². The lowest BCUT2D eigenvalue weighted by Gasteiger charge is -2.50. The number of fused-ring (bicyclic) bond motifs is 1. The molecule has 1 aliphatic heterocycles. The minimum atomic E-state index is -4.63. The van der Waals surface area contributed by atoms with Gasteiger partial charge < -0.3 is 14.5 Å². The largest absolute Gasteiger partial charge is 0.477 e. The predicted octanol–water partition coefficient (Wildman–Crippen LogP) is 7.69. The molecular formula is C31H28F3N3O3. The van der Waals surface area contributed by atoms with Crippen molar-refractivity contribution in [2.24, 2.45) is 5.41 Å². The molecule has 6 nitrogen and oxygen atoms in total. The number of halogens is 3. The van der Waals surface area contributed by atoms with Gasteiger partial charge in [-0.05, 0) is 86.4 Å². The van der Waals surface area contributed by atoms with E-state index < -0.39 is 17.9 Å². The van der Waals surface area contributed by atoms with Crippen molar-refractivity contribution in [2.45, 2.75) is 45.7 Å². The number of hydrogen-bond donors (Lipinski definition) is 1. The molecule has 9 heteroatoms. The molecule has 2 aromatic heterocycles. The highest BCUT2D eigenvalue weighted by Crippen LogP contribution is 2.54. The Bertz CT molecular complexity index is 1650. The van der Waals surface area contributed by atoms with Crippen LogP contribution in [0.25, 0.3) is 28.2 Å². The minimum Gasteiger partial charge on any atom is -0.477 e. The van der Waals surface area contributed by atoms with Crippen LogP contribution in [0.15, 0.2) is 58.6 Å². The molecule has 0 atom stereocenters. The van der Waals surface area contributed by atoms with Crippen LogP contribution < -0.4 is 4.90 Å². The van der Waals surface area contributed by atoms with E-state index in [1.165, 1.54) is 0 Å². The number of carboxylic acid groups (broad SMARTS) is 1. The second kappa shape index (κ2) is 9.50. The fourth-order valence-electron chi connectivity index (χ4n) is 6.17. The maximum atomic E-state index is 13.8. The summed E-state index contributed by atoms with van der Waals surface area (Å²) in [5.41, 5.74) is 5.40. The fourth-order valence-corrected chi connectivity index (χ4v) is 6.17. The van der Waals surface area contributed by atoms with Crippen molar-refractivity contribution >= 4 is 28.6 Å². The Hall–Kier alpha value is -4.14. The first kappa shape index (κ1) is 26.1. The Morgan fingerprint density at radius 2 is 1.77 bits per heavy atom. The summed E-state index contributed by atoms with van der Waals surface area (Å²) in [6.45, 7) is 5.42. The fraction of sp³-hybridized carbons (Fsp3) is 0.323. The van der Waals surface area contributed by atoms with Crippen molar-refractivity contribution in [3.63, 3.8) is 0 Å². The molecule has 2 aromatic carbocycles. The smallest absolute Gasteiger partial charge is 0.453 e. The quantitative estimate of drug-likeness (QED) is 0.282. The third-order valence-corrected chi connectivity index (χ3v) is 8.35. The van der Waals surface area contributed by atoms with E-state index in [-0.39, 0.29) is 22.4 Å². The number of carbonyl (C=O) groups is 1. The number of pyridine rings is 1. The number of benzene rings is 2. The average molecular weight is 548 g/mol. The van der Waals surface area contributed by atoms with E-state index in [0.29, 0.717) is 11.1 Å². The van der Waals surface area contributed by atoms with Crippen LogP contribution in [-0.2, 0) is 6.18 Å².